The molecule has 1 aliphatic rings. The molecule has 160 valence electrons. The number of rotatable bonds is 5. The number of amides is 1. The number of esters is 1. The summed E-state index contributed by atoms with van der Waals surface area (Å²) in [6.07, 6.45) is 1.84. The molecule has 3 aromatic rings. The molecule has 1 aromatic heterocycles. The normalized spacial score (nSPS) is 16.4. The Morgan fingerprint density at radius 1 is 1.16 bits per heavy atom. The van der Waals surface area contributed by atoms with Gasteiger partial charge in [-0.25, -0.2) is 9.48 Å². The molecule has 0 saturated heterocycles. The lowest BCUT2D eigenvalue weighted by atomic mass is 9.87. The monoisotopic (exact) mass is 419 g/mol. The largest absolute Gasteiger partial charge is 0.448 e. The highest BCUT2D eigenvalue weighted by molar-refractivity contribution is 6.02. The molecule has 1 heterocycles. The number of carbonyl (C=O) groups is 2. The number of aryl methyl sites for hydroxylation is 2. The quantitative estimate of drug-likeness (QED) is 0.642. The van der Waals surface area contributed by atoms with Crippen molar-refractivity contribution in [1.29, 1.82) is 0 Å². The molecule has 0 aliphatic heterocycles. The van der Waals surface area contributed by atoms with E-state index in [2.05, 4.69) is 16.5 Å². The first-order valence-electron chi connectivity index (χ1n) is 10.6. The average Bonchev–Trinajstić information content (AvgIpc) is 2.79. The van der Waals surface area contributed by atoms with Gasteiger partial charge < -0.3 is 10.1 Å². The van der Waals surface area contributed by atoms with E-state index < -0.39 is 12.1 Å². The zero-order valence-corrected chi connectivity index (χ0v) is 17.6. The summed E-state index contributed by atoms with van der Waals surface area (Å²) in [5.74, 6) is -1.09. The second-order valence-electron chi connectivity index (χ2n) is 7.71. The van der Waals surface area contributed by atoms with Crippen LogP contribution in [0.5, 0.6) is 0 Å². The third-order valence-electron chi connectivity index (χ3n) is 5.70. The van der Waals surface area contributed by atoms with E-state index in [4.69, 9.17) is 4.74 Å². The molecule has 0 unspecified atom stereocenters. The molecule has 1 N–H and O–H groups in total. The van der Waals surface area contributed by atoms with Crippen molar-refractivity contribution in [2.24, 2.45) is 0 Å². The van der Waals surface area contributed by atoms with Crippen molar-refractivity contribution in [3.8, 4) is 0 Å². The van der Waals surface area contributed by atoms with Gasteiger partial charge in [-0.2, -0.15) is 5.10 Å². The van der Waals surface area contributed by atoms with E-state index in [-0.39, 0.29) is 23.2 Å². The van der Waals surface area contributed by atoms with Gasteiger partial charge in [-0.1, -0.05) is 42.5 Å². The summed E-state index contributed by atoms with van der Waals surface area (Å²) in [4.78, 5) is 38.1. The molecular formula is C24H25N3O4. The fraction of sp³-hybridized carbons (Fsp3) is 0.333. The minimum atomic E-state index is -0.996. The van der Waals surface area contributed by atoms with Crippen molar-refractivity contribution in [3.63, 3.8) is 0 Å². The van der Waals surface area contributed by atoms with E-state index in [1.807, 2.05) is 18.2 Å². The van der Waals surface area contributed by atoms with E-state index >= 15 is 0 Å². The SMILES string of the molecule is CCn1nc(C(=O)O[C@@H](C)C(=O)N[C@@H]2CCCc3ccccc32)c2ccccc2c1=O. The Labute approximate surface area is 180 Å². The summed E-state index contributed by atoms with van der Waals surface area (Å²) in [5.41, 5.74) is 2.11. The van der Waals surface area contributed by atoms with Crippen LogP contribution < -0.4 is 10.9 Å². The molecule has 4 rings (SSSR count). The van der Waals surface area contributed by atoms with E-state index in [0.717, 1.165) is 24.8 Å². The number of benzene rings is 2. The fourth-order valence-electron chi connectivity index (χ4n) is 4.06. The molecule has 0 fully saturated rings. The van der Waals surface area contributed by atoms with Gasteiger partial charge in [-0.3, -0.25) is 9.59 Å². The van der Waals surface area contributed by atoms with Crippen molar-refractivity contribution < 1.29 is 14.3 Å². The Bertz CT molecular complexity index is 1200. The van der Waals surface area contributed by atoms with Crippen LogP contribution in [0.4, 0.5) is 0 Å². The highest BCUT2D eigenvalue weighted by atomic mass is 16.5. The Balaban J connectivity index is 1.52. The highest BCUT2D eigenvalue weighted by Gasteiger charge is 2.27. The molecule has 0 saturated carbocycles. The van der Waals surface area contributed by atoms with Crippen molar-refractivity contribution >= 4 is 22.6 Å². The highest BCUT2D eigenvalue weighted by Crippen LogP contribution is 2.29. The third-order valence-corrected chi connectivity index (χ3v) is 5.70. The predicted molar refractivity (Wildman–Crippen MR) is 117 cm³/mol. The van der Waals surface area contributed by atoms with Gasteiger partial charge in [0.05, 0.1) is 11.4 Å². The summed E-state index contributed by atoms with van der Waals surface area (Å²) in [6.45, 7) is 3.64. The molecule has 7 heteroatoms. The summed E-state index contributed by atoms with van der Waals surface area (Å²) in [7, 11) is 0. The summed E-state index contributed by atoms with van der Waals surface area (Å²) in [6, 6.07) is 14.7. The van der Waals surface area contributed by atoms with Gasteiger partial charge in [0.25, 0.3) is 11.5 Å². The second kappa shape index (κ2) is 8.71. The van der Waals surface area contributed by atoms with Crippen LogP contribution in [0.3, 0.4) is 0 Å². The van der Waals surface area contributed by atoms with Crippen LogP contribution >= 0.6 is 0 Å². The molecule has 31 heavy (non-hydrogen) atoms. The summed E-state index contributed by atoms with van der Waals surface area (Å²) < 4.78 is 6.67. The number of ether oxygens (including phenoxy) is 1. The number of hydrogen-bond donors (Lipinski definition) is 1. The first kappa shape index (κ1) is 20.8. The zero-order chi connectivity index (χ0) is 22.0. The average molecular weight is 419 g/mol. The Morgan fingerprint density at radius 2 is 1.87 bits per heavy atom. The predicted octanol–water partition coefficient (Wildman–Crippen LogP) is 3.16. The Morgan fingerprint density at radius 3 is 2.65 bits per heavy atom. The van der Waals surface area contributed by atoms with Crippen molar-refractivity contribution in [2.45, 2.75) is 51.8 Å². The third kappa shape index (κ3) is 4.08. The van der Waals surface area contributed by atoms with Crippen LogP contribution in [0.15, 0.2) is 53.3 Å². The van der Waals surface area contributed by atoms with Gasteiger partial charge in [0.1, 0.15) is 0 Å². The molecule has 2 atom stereocenters. The van der Waals surface area contributed by atoms with Gasteiger partial charge in [0.15, 0.2) is 11.8 Å². The number of nitrogens with one attached hydrogen (secondary N) is 1. The zero-order valence-electron chi connectivity index (χ0n) is 17.6. The van der Waals surface area contributed by atoms with Gasteiger partial charge in [0.2, 0.25) is 0 Å². The first-order valence-corrected chi connectivity index (χ1v) is 10.6. The Hall–Kier alpha value is -3.48. The fourth-order valence-corrected chi connectivity index (χ4v) is 4.06. The molecule has 2 aromatic carbocycles. The smallest absolute Gasteiger partial charge is 0.360 e. The molecule has 7 nitrogen and oxygen atoms in total. The van der Waals surface area contributed by atoms with Crippen molar-refractivity contribution in [2.75, 3.05) is 0 Å². The lowest BCUT2D eigenvalue weighted by molar-refractivity contribution is -0.130. The van der Waals surface area contributed by atoms with E-state index in [9.17, 15) is 14.4 Å². The number of nitrogens with zero attached hydrogens (tertiary/aromatic N) is 2. The van der Waals surface area contributed by atoms with Gasteiger partial charge in [-0.15, -0.1) is 0 Å². The lowest BCUT2D eigenvalue weighted by Crippen LogP contribution is -2.39. The number of aromatic nitrogens is 2. The minimum absolute atomic E-state index is 0.0275. The van der Waals surface area contributed by atoms with Crippen LogP contribution in [0.2, 0.25) is 0 Å². The molecule has 1 aliphatic carbocycles. The summed E-state index contributed by atoms with van der Waals surface area (Å²) >= 11 is 0. The maximum atomic E-state index is 12.9. The van der Waals surface area contributed by atoms with Crippen LogP contribution in [-0.2, 0) is 22.5 Å². The first-order chi connectivity index (χ1) is 15.0. The van der Waals surface area contributed by atoms with Gasteiger partial charge in [0, 0.05) is 11.9 Å². The molecule has 0 spiro atoms. The van der Waals surface area contributed by atoms with Crippen LogP contribution in [0.1, 0.15) is 54.3 Å². The maximum absolute atomic E-state index is 12.9. The molecule has 0 bridgehead atoms. The number of carbonyl (C=O) groups excluding carboxylic acids is 2. The van der Waals surface area contributed by atoms with Crippen LogP contribution in [0.25, 0.3) is 10.8 Å². The van der Waals surface area contributed by atoms with E-state index in [1.54, 1.807) is 38.1 Å². The van der Waals surface area contributed by atoms with Crippen LogP contribution in [-0.4, -0.2) is 27.8 Å². The number of hydrogen-bond acceptors (Lipinski definition) is 5. The van der Waals surface area contributed by atoms with E-state index in [1.165, 1.54) is 10.2 Å². The summed E-state index contributed by atoms with van der Waals surface area (Å²) in [5, 5.41) is 7.99. The van der Waals surface area contributed by atoms with Crippen molar-refractivity contribution in [3.05, 3.63) is 75.7 Å². The molecular weight excluding hydrogens is 394 g/mol. The van der Waals surface area contributed by atoms with Gasteiger partial charge >= 0.3 is 5.97 Å². The minimum Gasteiger partial charge on any atom is -0.448 e. The second-order valence-corrected chi connectivity index (χ2v) is 7.71. The number of fused-ring (bicyclic) bond motifs is 2. The van der Waals surface area contributed by atoms with Crippen molar-refractivity contribution in [1.82, 2.24) is 15.1 Å². The van der Waals surface area contributed by atoms with Crippen LogP contribution in [0, 0.1) is 0 Å². The Kier molecular flexibility index (Phi) is 5.84. The standard InChI is InChI=1S/C24H25N3O4/c1-3-27-23(29)19-13-7-6-12-18(19)21(26-27)24(30)31-15(2)22(28)25-20-14-8-10-16-9-4-5-11-17(16)20/h4-7,9,11-13,15,20H,3,8,10,14H2,1-2H3,(H,25,28)/t15-,20+/m0/s1. The lowest BCUT2D eigenvalue weighted by Gasteiger charge is -2.27. The van der Waals surface area contributed by atoms with Gasteiger partial charge in [-0.05, 0) is 50.3 Å². The molecule has 1 amide bonds. The van der Waals surface area contributed by atoms with E-state index in [0.29, 0.717) is 17.3 Å². The molecule has 0 radical (unpaired) electrons. The topological polar surface area (TPSA) is 90.3 Å². The maximum Gasteiger partial charge on any atom is 0.360 e.